The molecule has 22 heavy (non-hydrogen) atoms. The van der Waals surface area contributed by atoms with Gasteiger partial charge in [0.15, 0.2) is 0 Å². The van der Waals surface area contributed by atoms with E-state index in [1.165, 1.54) is 23.1 Å². The number of hydrogen-bond donors (Lipinski definition) is 1. The maximum Gasteiger partial charge on any atom is 0.222 e. The van der Waals surface area contributed by atoms with Crippen LogP contribution in [0.2, 0.25) is 0 Å². The summed E-state index contributed by atoms with van der Waals surface area (Å²) in [5.74, 6) is -0.688. The Morgan fingerprint density at radius 1 is 1.36 bits per heavy atom. The molecule has 6 heteroatoms. The van der Waals surface area contributed by atoms with Gasteiger partial charge in [0.2, 0.25) is 5.91 Å². The van der Waals surface area contributed by atoms with E-state index in [4.69, 9.17) is 0 Å². The van der Waals surface area contributed by atoms with Crippen LogP contribution in [0, 0.1) is 17.6 Å². The lowest BCUT2D eigenvalue weighted by molar-refractivity contribution is -0.131. The molecule has 0 bridgehead atoms. The van der Waals surface area contributed by atoms with Crippen molar-refractivity contribution in [1.29, 1.82) is 0 Å². The van der Waals surface area contributed by atoms with Gasteiger partial charge in [-0.15, -0.1) is 12.4 Å². The third-order valence-electron chi connectivity index (χ3n) is 4.07. The van der Waals surface area contributed by atoms with Crippen LogP contribution < -0.4 is 5.32 Å². The topological polar surface area (TPSA) is 32.3 Å². The zero-order valence-corrected chi connectivity index (χ0v) is 13.6. The maximum atomic E-state index is 13.7. The molecular formula is C16H23ClF2N2O. The number of nitrogens with one attached hydrogen (secondary N) is 1. The van der Waals surface area contributed by atoms with Crippen molar-refractivity contribution >= 4 is 18.3 Å². The number of halogens is 3. The average Bonchev–Trinajstić information content (AvgIpc) is 2.98. The number of hydrogen-bond acceptors (Lipinski definition) is 2. The predicted octanol–water partition coefficient (Wildman–Crippen LogP) is 3.12. The maximum absolute atomic E-state index is 13.7. The van der Waals surface area contributed by atoms with Crippen LogP contribution in [0.15, 0.2) is 18.2 Å². The molecule has 0 spiro atoms. The van der Waals surface area contributed by atoms with Crippen LogP contribution in [-0.4, -0.2) is 30.4 Å². The third kappa shape index (κ3) is 4.92. The van der Waals surface area contributed by atoms with E-state index in [2.05, 4.69) is 5.32 Å². The summed E-state index contributed by atoms with van der Waals surface area (Å²) < 4.78 is 27.3. The summed E-state index contributed by atoms with van der Waals surface area (Å²) in [5, 5.41) is 3.27. The molecule has 3 nitrogen and oxygen atoms in total. The molecule has 1 atom stereocenters. The molecule has 1 heterocycles. The number of nitrogens with zero attached hydrogens (tertiary/aromatic N) is 1. The van der Waals surface area contributed by atoms with Crippen LogP contribution in [0.25, 0.3) is 0 Å². The van der Waals surface area contributed by atoms with Crippen molar-refractivity contribution in [2.75, 3.05) is 19.6 Å². The lowest BCUT2D eigenvalue weighted by Gasteiger charge is -2.22. The molecule has 2 rings (SSSR count). The van der Waals surface area contributed by atoms with Gasteiger partial charge in [-0.3, -0.25) is 4.79 Å². The van der Waals surface area contributed by atoms with E-state index in [0.29, 0.717) is 18.9 Å². The summed E-state index contributed by atoms with van der Waals surface area (Å²) in [5.41, 5.74) is -0.0322. The first-order valence-corrected chi connectivity index (χ1v) is 7.53. The summed E-state index contributed by atoms with van der Waals surface area (Å²) in [6, 6.07) is 3.78. The molecular weight excluding hydrogens is 310 g/mol. The average molecular weight is 333 g/mol. The van der Waals surface area contributed by atoms with Crippen LogP contribution in [0.4, 0.5) is 8.78 Å². The predicted molar refractivity (Wildman–Crippen MR) is 84.9 cm³/mol. The van der Waals surface area contributed by atoms with Crippen molar-refractivity contribution < 1.29 is 13.6 Å². The van der Waals surface area contributed by atoms with Gasteiger partial charge in [0.1, 0.15) is 11.6 Å². The molecule has 1 aromatic carbocycles. The van der Waals surface area contributed by atoms with Crippen molar-refractivity contribution in [3.63, 3.8) is 0 Å². The van der Waals surface area contributed by atoms with E-state index < -0.39 is 11.6 Å². The Labute approximate surface area is 136 Å². The quantitative estimate of drug-likeness (QED) is 0.868. The van der Waals surface area contributed by atoms with Crippen molar-refractivity contribution in [3.8, 4) is 0 Å². The van der Waals surface area contributed by atoms with E-state index in [1.54, 1.807) is 0 Å². The molecule has 0 aromatic heterocycles. The number of amides is 1. The summed E-state index contributed by atoms with van der Waals surface area (Å²) in [4.78, 5) is 13.7. The van der Waals surface area contributed by atoms with Crippen molar-refractivity contribution in [1.82, 2.24) is 10.2 Å². The first kappa shape index (κ1) is 18.8. The van der Waals surface area contributed by atoms with Crippen LogP contribution >= 0.6 is 12.4 Å². The Bertz CT molecular complexity index is 473. The van der Waals surface area contributed by atoms with Gasteiger partial charge in [0.05, 0.1) is 6.54 Å². The summed E-state index contributed by atoms with van der Waals surface area (Å²) >= 11 is 0. The summed E-state index contributed by atoms with van der Waals surface area (Å²) in [6.07, 6.45) is 2.37. The van der Waals surface area contributed by atoms with Gasteiger partial charge in [-0.1, -0.05) is 6.07 Å². The van der Waals surface area contributed by atoms with Crippen molar-refractivity contribution in [2.24, 2.45) is 5.92 Å². The van der Waals surface area contributed by atoms with E-state index in [-0.39, 0.29) is 30.4 Å². The van der Waals surface area contributed by atoms with Crippen LogP contribution in [0.1, 0.15) is 31.7 Å². The van der Waals surface area contributed by atoms with Crippen LogP contribution in [0.3, 0.4) is 0 Å². The monoisotopic (exact) mass is 332 g/mol. The van der Waals surface area contributed by atoms with Crippen molar-refractivity contribution in [2.45, 2.75) is 32.7 Å². The number of rotatable bonds is 6. The number of carbonyl (C=O) groups is 1. The Balaban J connectivity index is 0.00000242. The molecule has 0 aliphatic carbocycles. The highest BCUT2D eigenvalue weighted by Gasteiger charge is 2.20. The normalized spacial score (nSPS) is 17.1. The zero-order valence-electron chi connectivity index (χ0n) is 12.8. The Morgan fingerprint density at radius 3 is 2.59 bits per heavy atom. The minimum atomic E-state index is -0.596. The van der Waals surface area contributed by atoms with Gasteiger partial charge in [-0.25, -0.2) is 8.78 Å². The first-order chi connectivity index (χ1) is 10.1. The number of carbonyl (C=O) groups excluding carboxylic acids is 1. The van der Waals surface area contributed by atoms with Gasteiger partial charge in [-0.2, -0.15) is 0 Å². The zero-order chi connectivity index (χ0) is 15.2. The molecule has 0 saturated carbocycles. The van der Waals surface area contributed by atoms with E-state index in [1.807, 2.05) is 6.92 Å². The van der Waals surface area contributed by atoms with E-state index in [9.17, 15) is 13.6 Å². The first-order valence-electron chi connectivity index (χ1n) is 7.53. The van der Waals surface area contributed by atoms with Crippen LogP contribution in [0.5, 0.6) is 0 Å². The van der Waals surface area contributed by atoms with Gasteiger partial charge in [0, 0.05) is 18.5 Å². The summed E-state index contributed by atoms with van der Waals surface area (Å²) in [7, 11) is 0. The lowest BCUT2D eigenvalue weighted by Crippen LogP contribution is -2.31. The third-order valence-corrected chi connectivity index (χ3v) is 4.07. The van der Waals surface area contributed by atoms with Gasteiger partial charge in [0.25, 0.3) is 0 Å². The fraction of sp³-hybridized carbons (Fsp3) is 0.562. The Morgan fingerprint density at radius 2 is 2.05 bits per heavy atom. The van der Waals surface area contributed by atoms with Crippen LogP contribution in [-0.2, 0) is 11.3 Å². The second-order valence-corrected chi connectivity index (χ2v) is 5.51. The number of benzene rings is 1. The highest BCUT2D eigenvalue weighted by molar-refractivity contribution is 5.85. The molecule has 1 aliphatic rings. The highest BCUT2D eigenvalue weighted by Crippen LogP contribution is 2.18. The van der Waals surface area contributed by atoms with Crippen molar-refractivity contribution in [3.05, 3.63) is 35.4 Å². The SMILES string of the molecule is CCN(Cc1c(F)cccc1F)C(=O)CCC1CCNC1.Cl. The standard InChI is InChI=1S/C16H22F2N2O.ClH/c1-2-20(11-13-14(17)4-3-5-15(13)18)16(21)7-6-12-8-9-19-10-12;/h3-5,12,19H,2,6-11H2,1H3;1H. The highest BCUT2D eigenvalue weighted by atomic mass is 35.5. The smallest absolute Gasteiger partial charge is 0.222 e. The fourth-order valence-corrected chi connectivity index (χ4v) is 2.70. The molecule has 1 amide bonds. The second kappa shape index (κ2) is 9.06. The molecule has 1 aliphatic heterocycles. The fourth-order valence-electron chi connectivity index (χ4n) is 2.70. The van der Waals surface area contributed by atoms with Gasteiger partial charge in [-0.05, 0) is 50.9 Å². The minimum Gasteiger partial charge on any atom is -0.338 e. The molecule has 1 saturated heterocycles. The lowest BCUT2D eigenvalue weighted by atomic mass is 10.0. The van der Waals surface area contributed by atoms with Gasteiger partial charge >= 0.3 is 0 Å². The molecule has 1 aromatic rings. The largest absolute Gasteiger partial charge is 0.338 e. The second-order valence-electron chi connectivity index (χ2n) is 5.51. The molecule has 1 N–H and O–H groups in total. The van der Waals surface area contributed by atoms with E-state index in [0.717, 1.165) is 25.9 Å². The molecule has 0 radical (unpaired) electrons. The Hall–Kier alpha value is -1.20. The molecule has 124 valence electrons. The van der Waals surface area contributed by atoms with Gasteiger partial charge < -0.3 is 10.2 Å². The molecule has 1 fully saturated rings. The molecule has 1 unspecified atom stereocenters. The van der Waals surface area contributed by atoms with E-state index >= 15 is 0 Å². The Kier molecular flexibility index (Phi) is 7.76. The minimum absolute atomic E-state index is 0. The summed E-state index contributed by atoms with van der Waals surface area (Å²) in [6.45, 7) is 4.25.